The Labute approximate surface area is 117 Å². The van der Waals surface area contributed by atoms with E-state index >= 15 is 0 Å². The first-order valence-electron chi connectivity index (χ1n) is 7.34. The molecule has 4 N–H and O–H groups in total. The van der Waals surface area contributed by atoms with Crippen LogP contribution in [0.1, 0.15) is 38.7 Å². The second kappa shape index (κ2) is 9.08. The first-order valence-corrected chi connectivity index (χ1v) is 7.34. The van der Waals surface area contributed by atoms with Gasteiger partial charge in [0.25, 0.3) is 0 Å². The number of hydrogen-bond acceptors (Lipinski definition) is 3. The molecule has 1 aromatic rings. The molecule has 3 atom stereocenters. The number of ether oxygens (including phenoxy) is 1. The van der Waals surface area contributed by atoms with Crippen molar-refractivity contribution in [2.24, 2.45) is 11.5 Å². The van der Waals surface area contributed by atoms with Crippen molar-refractivity contribution >= 4 is 0 Å². The molecule has 0 aliphatic carbocycles. The summed E-state index contributed by atoms with van der Waals surface area (Å²) in [6.07, 6.45) is 3.86. The predicted octanol–water partition coefficient (Wildman–Crippen LogP) is 2.48. The molecule has 3 nitrogen and oxygen atoms in total. The minimum Gasteiger partial charge on any atom is -0.377 e. The molecule has 0 bridgehead atoms. The maximum Gasteiger partial charge on any atom is 0.0766 e. The van der Waals surface area contributed by atoms with Gasteiger partial charge in [-0.05, 0) is 25.3 Å². The van der Waals surface area contributed by atoms with E-state index in [0.717, 1.165) is 25.7 Å². The second-order valence-electron chi connectivity index (χ2n) is 5.13. The van der Waals surface area contributed by atoms with Gasteiger partial charge in [0.05, 0.1) is 6.10 Å². The lowest BCUT2D eigenvalue weighted by molar-refractivity contribution is 0.0407. The highest BCUT2D eigenvalue weighted by Crippen LogP contribution is 2.13. The Morgan fingerprint density at radius 3 is 2.37 bits per heavy atom. The average molecular weight is 264 g/mol. The largest absolute Gasteiger partial charge is 0.377 e. The smallest absolute Gasteiger partial charge is 0.0766 e. The fourth-order valence-electron chi connectivity index (χ4n) is 2.38. The number of benzene rings is 1. The number of rotatable bonds is 9. The topological polar surface area (TPSA) is 61.3 Å². The molecule has 0 heterocycles. The quantitative estimate of drug-likeness (QED) is 0.720. The summed E-state index contributed by atoms with van der Waals surface area (Å²) in [5, 5.41) is 0. The van der Waals surface area contributed by atoms with Crippen LogP contribution in [0.3, 0.4) is 0 Å². The van der Waals surface area contributed by atoms with E-state index < -0.39 is 0 Å². The van der Waals surface area contributed by atoms with Crippen molar-refractivity contribution in [3.63, 3.8) is 0 Å². The Hall–Kier alpha value is -0.900. The van der Waals surface area contributed by atoms with Crippen molar-refractivity contribution in [3.05, 3.63) is 35.9 Å². The lowest BCUT2D eigenvalue weighted by Crippen LogP contribution is -2.42. The van der Waals surface area contributed by atoms with Gasteiger partial charge in [-0.1, -0.05) is 43.7 Å². The van der Waals surface area contributed by atoms with Gasteiger partial charge in [-0.3, -0.25) is 0 Å². The highest BCUT2D eigenvalue weighted by molar-refractivity contribution is 5.16. The maximum absolute atomic E-state index is 6.28. The van der Waals surface area contributed by atoms with Gasteiger partial charge in [0, 0.05) is 25.1 Å². The lowest BCUT2D eigenvalue weighted by Gasteiger charge is -2.26. The van der Waals surface area contributed by atoms with E-state index in [1.807, 2.05) is 25.1 Å². The number of hydrogen-bond donors (Lipinski definition) is 2. The standard InChI is InChI=1S/C16H28N2O/c1-3-8-14(17)12-15(18)16(19-4-2)11-13-9-6-5-7-10-13/h5-7,9-10,14-16H,3-4,8,11-12,17-18H2,1-2H3. The summed E-state index contributed by atoms with van der Waals surface area (Å²) >= 11 is 0. The third-order valence-electron chi connectivity index (χ3n) is 3.37. The third kappa shape index (κ3) is 6.19. The van der Waals surface area contributed by atoms with Crippen molar-refractivity contribution in [1.82, 2.24) is 0 Å². The molecule has 0 amide bonds. The molecule has 0 fully saturated rings. The van der Waals surface area contributed by atoms with Crippen LogP contribution in [0.2, 0.25) is 0 Å². The van der Waals surface area contributed by atoms with Gasteiger partial charge in [0.2, 0.25) is 0 Å². The van der Waals surface area contributed by atoms with Crippen molar-refractivity contribution in [1.29, 1.82) is 0 Å². The molecule has 0 spiro atoms. The molecule has 0 saturated carbocycles. The van der Waals surface area contributed by atoms with Gasteiger partial charge < -0.3 is 16.2 Å². The maximum atomic E-state index is 6.28. The zero-order valence-electron chi connectivity index (χ0n) is 12.2. The summed E-state index contributed by atoms with van der Waals surface area (Å²) in [6.45, 7) is 4.85. The van der Waals surface area contributed by atoms with E-state index in [1.54, 1.807) is 0 Å². The van der Waals surface area contributed by atoms with Crippen LogP contribution in [0.25, 0.3) is 0 Å². The van der Waals surface area contributed by atoms with Crippen molar-refractivity contribution in [3.8, 4) is 0 Å². The molecule has 108 valence electrons. The van der Waals surface area contributed by atoms with Crippen LogP contribution in [0.15, 0.2) is 30.3 Å². The summed E-state index contributed by atoms with van der Waals surface area (Å²) in [5.74, 6) is 0. The third-order valence-corrected chi connectivity index (χ3v) is 3.37. The molecular formula is C16H28N2O. The van der Waals surface area contributed by atoms with Crippen LogP contribution in [-0.2, 0) is 11.2 Å². The highest BCUT2D eigenvalue weighted by atomic mass is 16.5. The second-order valence-corrected chi connectivity index (χ2v) is 5.13. The fraction of sp³-hybridized carbons (Fsp3) is 0.625. The zero-order chi connectivity index (χ0) is 14.1. The summed E-state index contributed by atoms with van der Waals surface area (Å²) in [6, 6.07) is 10.5. The van der Waals surface area contributed by atoms with E-state index in [1.165, 1.54) is 5.56 Å². The molecule has 0 aliphatic heterocycles. The molecule has 1 aromatic carbocycles. The van der Waals surface area contributed by atoms with Crippen molar-refractivity contribution < 1.29 is 4.74 Å². The normalized spacial score (nSPS) is 16.0. The van der Waals surface area contributed by atoms with Gasteiger partial charge in [-0.2, -0.15) is 0 Å². The lowest BCUT2D eigenvalue weighted by atomic mass is 9.96. The van der Waals surface area contributed by atoms with E-state index in [-0.39, 0.29) is 18.2 Å². The minimum absolute atomic E-state index is 0.00158. The molecule has 0 aliphatic rings. The Kier molecular flexibility index (Phi) is 7.72. The number of nitrogens with two attached hydrogens (primary N) is 2. The minimum atomic E-state index is 0.00158. The Bertz CT molecular complexity index is 329. The van der Waals surface area contributed by atoms with Gasteiger partial charge in [-0.15, -0.1) is 0 Å². The zero-order valence-corrected chi connectivity index (χ0v) is 12.2. The Morgan fingerprint density at radius 2 is 1.79 bits per heavy atom. The van der Waals surface area contributed by atoms with Gasteiger partial charge in [0.1, 0.15) is 0 Å². The predicted molar refractivity (Wildman–Crippen MR) is 81.0 cm³/mol. The summed E-state index contributed by atoms with van der Waals surface area (Å²) in [7, 11) is 0. The summed E-state index contributed by atoms with van der Waals surface area (Å²) < 4.78 is 5.81. The van der Waals surface area contributed by atoms with E-state index in [9.17, 15) is 0 Å². The van der Waals surface area contributed by atoms with Crippen LogP contribution in [0, 0.1) is 0 Å². The van der Waals surface area contributed by atoms with Crippen LogP contribution >= 0.6 is 0 Å². The SMILES string of the molecule is CCCC(N)CC(N)C(Cc1ccccc1)OCC. The first kappa shape index (κ1) is 16.2. The molecule has 1 rings (SSSR count). The summed E-state index contributed by atoms with van der Waals surface area (Å²) in [4.78, 5) is 0. The van der Waals surface area contributed by atoms with Crippen LogP contribution < -0.4 is 11.5 Å². The van der Waals surface area contributed by atoms with Crippen molar-refractivity contribution in [2.75, 3.05) is 6.61 Å². The molecule has 0 aromatic heterocycles. The monoisotopic (exact) mass is 264 g/mol. The average Bonchev–Trinajstić information content (AvgIpc) is 2.39. The fourth-order valence-corrected chi connectivity index (χ4v) is 2.38. The molecule has 3 heteroatoms. The van der Waals surface area contributed by atoms with Crippen LogP contribution in [0.4, 0.5) is 0 Å². The molecule has 0 radical (unpaired) electrons. The molecular weight excluding hydrogens is 236 g/mol. The van der Waals surface area contributed by atoms with E-state index in [4.69, 9.17) is 16.2 Å². The van der Waals surface area contributed by atoms with E-state index in [0.29, 0.717) is 6.61 Å². The van der Waals surface area contributed by atoms with Crippen LogP contribution in [0.5, 0.6) is 0 Å². The molecule has 19 heavy (non-hydrogen) atoms. The van der Waals surface area contributed by atoms with Crippen molar-refractivity contribution in [2.45, 2.75) is 57.7 Å². The van der Waals surface area contributed by atoms with Gasteiger partial charge in [0.15, 0.2) is 0 Å². The summed E-state index contributed by atoms with van der Waals surface area (Å²) in [5.41, 5.74) is 13.6. The van der Waals surface area contributed by atoms with Gasteiger partial charge >= 0.3 is 0 Å². The Balaban J connectivity index is 2.55. The molecule has 0 saturated heterocycles. The highest BCUT2D eigenvalue weighted by Gasteiger charge is 2.20. The van der Waals surface area contributed by atoms with Gasteiger partial charge in [-0.25, -0.2) is 0 Å². The van der Waals surface area contributed by atoms with Crippen LogP contribution in [-0.4, -0.2) is 24.8 Å². The first-order chi connectivity index (χ1) is 9.17. The molecule has 3 unspecified atom stereocenters. The van der Waals surface area contributed by atoms with E-state index in [2.05, 4.69) is 19.1 Å². The Morgan fingerprint density at radius 1 is 1.11 bits per heavy atom.